The summed E-state index contributed by atoms with van der Waals surface area (Å²) in [5.41, 5.74) is 1.13. The second kappa shape index (κ2) is 3.38. The highest BCUT2D eigenvalue weighted by Crippen LogP contribution is 2.12. The zero-order chi connectivity index (χ0) is 9.14. The molecule has 66 valence electrons. The van der Waals surface area contributed by atoms with Crippen LogP contribution < -0.4 is 5.32 Å². The van der Waals surface area contributed by atoms with Gasteiger partial charge < -0.3 is 5.32 Å². The third-order valence-corrected chi connectivity index (χ3v) is 1.67. The SMILES string of the molecule is CC(=O)NC1=C(C)CC=NN1C. The summed E-state index contributed by atoms with van der Waals surface area (Å²) in [5.74, 6) is 0.735. The molecule has 1 aliphatic heterocycles. The molecular weight excluding hydrogens is 154 g/mol. The molecule has 4 heteroatoms. The number of allylic oxidation sites excluding steroid dienone is 1. The Morgan fingerprint density at radius 2 is 2.42 bits per heavy atom. The fraction of sp³-hybridized carbons (Fsp3) is 0.500. The Balaban J connectivity index is 2.77. The van der Waals surface area contributed by atoms with Crippen LogP contribution in [0.4, 0.5) is 0 Å². The van der Waals surface area contributed by atoms with Crippen molar-refractivity contribution in [1.29, 1.82) is 0 Å². The van der Waals surface area contributed by atoms with E-state index in [1.807, 2.05) is 20.2 Å². The predicted octanol–water partition coefficient (Wildman–Crippen LogP) is 0.675. The molecule has 0 aromatic carbocycles. The van der Waals surface area contributed by atoms with Crippen LogP contribution in [0.3, 0.4) is 0 Å². The predicted molar refractivity (Wildman–Crippen MR) is 47.4 cm³/mol. The molecule has 0 atom stereocenters. The second-order valence-electron chi connectivity index (χ2n) is 2.84. The van der Waals surface area contributed by atoms with E-state index in [0.29, 0.717) is 0 Å². The van der Waals surface area contributed by atoms with Gasteiger partial charge in [0, 0.05) is 26.6 Å². The average Bonchev–Trinajstić information content (AvgIpc) is 1.97. The van der Waals surface area contributed by atoms with Gasteiger partial charge in [0.1, 0.15) is 5.82 Å². The highest BCUT2D eigenvalue weighted by Gasteiger charge is 2.11. The van der Waals surface area contributed by atoms with Gasteiger partial charge in [-0.3, -0.25) is 9.80 Å². The maximum Gasteiger partial charge on any atom is 0.222 e. The number of nitrogens with zero attached hydrogens (tertiary/aromatic N) is 2. The molecular formula is C8H13N3O. The molecule has 1 heterocycles. The second-order valence-corrected chi connectivity index (χ2v) is 2.84. The van der Waals surface area contributed by atoms with Crippen LogP contribution >= 0.6 is 0 Å². The first-order chi connectivity index (χ1) is 5.61. The Hall–Kier alpha value is -1.32. The molecule has 1 amide bonds. The molecule has 0 saturated carbocycles. The van der Waals surface area contributed by atoms with Gasteiger partial charge in [-0.05, 0) is 12.5 Å². The van der Waals surface area contributed by atoms with Gasteiger partial charge in [-0.25, -0.2) is 0 Å². The molecule has 0 spiro atoms. The monoisotopic (exact) mass is 167 g/mol. The minimum absolute atomic E-state index is 0.0618. The van der Waals surface area contributed by atoms with E-state index in [-0.39, 0.29) is 5.91 Å². The highest BCUT2D eigenvalue weighted by molar-refractivity contribution is 5.75. The number of hydrogen-bond donors (Lipinski definition) is 1. The van der Waals surface area contributed by atoms with E-state index in [0.717, 1.165) is 17.8 Å². The van der Waals surface area contributed by atoms with Gasteiger partial charge in [0.05, 0.1) is 0 Å². The van der Waals surface area contributed by atoms with Crippen molar-refractivity contribution in [3.63, 3.8) is 0 Å². The maximum atomic E-state index is 10.8. The molecule has 12 heavy (non-hydrogen) atoms. The molecule has 0 radical (unpaired) electrons. The summed E-state index contributed by atoms with van der Waals surface area (Å²) in [6, 6.07) is 0. The lowest BCUT2D eigenvalue weighted by atomic mass is 10.2. The first kappa shape index (κ1) is 8.77. The largest absolute Gasteiger partial charge is 0.311 e. The fourth-order valence-corrected chi connectivity index (χ4v) is 1.09. The van der Waals surface area contributed by atoms with Crippen molar-refractivity contribution in [1.82, 2.24) is 10.3 Å². The lowest BCUT2D eigenvalue weighted by molar-refractivity contribution is -0.118. The van der Waals surface area contributed by atoms with Crippen molar-refractivity contribution in [2.24, 2.45) is 5.10 Å². The van der Waals surface area contributed by atoms with Crippen LogP contribution in [0, 0.1) is 0 Å². The number of rotatable bonds is 1. The summed E-state index contributed by atoms with van der Waals surface area (Å²) in [5, 5.41) is 8.45. The van der Waals surface area contributed by atoms with Gasteiger partial charge in [0.2, 0.25) is 5.91 Å². The normalized spacial score (nSPS) is 16.8. The molecule has 0 unspecified atom stereocenters. The summed E-state index contributed by atoms with van der Waals surface area (Å²) in [6.07, 6.45) is 2.63. The summed E-state index contributed by atoms with van der Waals surface area (Å²) in [6.45, 7) is 3.47. The van der Waals surface area contributed by atoms with Gasteiger partial charge >= 0.3 is 0 Å². The van der Waals surface area contributed by atoms with Crippen molar-refractivity contribution in [3.8, 4) is 0 Å². The Morgan fingerprint density at radius 1 is 1.75 bits per heavy atom. The first-order valence-electron chi connectivity index (χ1n) is 3.84. The number of amides is 1. The summed E-state index contributed by atoms with van der Waals surface area (Å²) in [4.78, 5) is 10.8. The van der Waals surface area contributed by atoms with Crippen LogP contribution in [0.1, 0.15) is 20.3 Å². The minimum atomic E-state index is -0.0618. The van der Waals surface area contributed by atoms with Crippen LogP contribution in [0.5, 0.6) is 0 Å². The number of carbonyl (C=O) groups is 1. The minimum Gasteiger partial charge on any atom is -0.311 e. The topological polar surface area (TPSA) is 44.7 Å². The van der Waals surface area contributed by atoms with Crippen molar-refractivity contribution >= 4 is 12.1 Å². The number of nitrogens with one attached hydrogen (secondary N) is 1. The Labute approximate surface area is 71.9 Å². The highest BCUT2D eigenvalue weighted by atomic mass is 16.1. The van der Waals surface area contributed by atoms with Gasteiger partial charge in [-0.15, -0.1) is 0 Å². The molecule has 0 aliphatic carbocycles. The van der Waals surface area contributed by atoms with Crippen LogP contribution in [-0.2, 0) is 4.79 Å². The number of hydrazone groups is 1. The molecule has 0 aromatic rings. The van der Waals surface area contributed by atoms with Crippen molar-refractivity contribution in [2.75, 3.05) is 7.05 Å². The molecule has 0 saturated heterocycles. The van der Waals surface area contributed by atoms with Gasteiger partial charge in [-0.1, -0.05) is 0 Å². The quantitative estimate of drug-likeness (QED) is 0.624. The number of hydrogen-bond acceptors (Lipinski definition) is 3. The Morgan fingerprint density at radius 3 is 2.92 bits per heavy atom. The van der Waals surface area contributed by atoms with Crippen molar-refractivity contribution in [2.45, 2.75) is 20.3 Å². The summed E-state index contributed by atoms with van der Waals surface area (Å²) >= 11 is 0. The van der Waals surface area contributed by atoms with E-state index in [9.17, 15) is 4.79 Å². The molecule has 0 fully saturated rings. The fourth-order valence-electron chi connectivity index (χ4n) is 1.09. The van der Waals surface area contributed by atoms with E-state index < -0.39 is 0 Å². The molecule has 1 aliphatic rings. The summed E-state index contributed by atoms with van der Waals surface area (Å²) in [7, 11) is 1.81. The van der Waals surface area contributed by atoms with Crippen molar-refractivity contribution in [3.05, 3.63) is 11.4 Å². The van der Waals surface area contributed by atoms with Crippen LogP contribution in [0.2, 0.25) is 0 Å². The molecule has 0 aromatic heterocycles. The molecule has 0 bridgehead atoms. The smallest absolute Gasteiger partial charge is 0.222 e. The first-order valence-corrected chi connectivity index (χ1v) is 3.84. The Bertz CT molecular complexity index is 255. The summed E-state index contributed by atoms with van der Waals surface area (Å²) < 4.78 is 0. The van der Waals surface area contributed by atoms with Gasteiger partial charge in [0.15, 0.2) is 0 Å². The molecule has 4 nitrogen and oxygen atoms in total. The van der Waals surface area contributed by atoms with E-state index in [2.05, 4.69) is 10.4 Å². The zero-order valence-electron chi connectivity index (χ0n) is 7.59. The van der Waals surface area contributed by atoms with E-state index in [1.165, 1.54) is 6.92 Å². The lowest BCUT2D eigenvalue weighted by Crippen LogP contribution is -2.31. The third-order valence-electron chi connectivity index (χ3n) is 1.67. The van der Waals surface area contributed by atoms with E-state index in [4.69, 9.17) is 0 Å². The maximum absolute atomic E-state index is 10.8. The Kier molecular flexibility index (Phi) is 2.47. The average molecular weight is 167 g/mol. The zero-order valence-corrected chi connectivity index (χ0v) is 7.59. The van der Waals surface area contributed by atoms with Crippen molar-refractivity contribution < 1.29 is 4.79 Å². The van der Waals surface area contributed by atoms with Gasteiger partial charge in [-0.2, -0.15) is 5.10 Å². The van der Waals surface area contributed by atoms with Crippen LogP contribution in [-0.4, -0.2) is 24.2 Å². The van der Waals surface area contributed by atoms with Crippen LogP contribution in [0.25, 0.3) is 0 Å². The standard InChI is InChI=1S/C8H13N3O/c1-6-4-5-9-11(3)8(6)10-7(2)12/h5H,4H2,1-3H3,(H,10,12). The third kappa shape index (κ3) is 1.84. The lowest BCUT2D eigenvalue weighted by Gasteiger charge is -2.22. The molecule has 1 N–H and O–H groups in total. The van der Waals surface area contributed by atoms with Crippen LogP contribution in [0.15, 0.2) is 16.5 Å². The molecule has 1 rings (SSSR count). The van der Waals surface area contributed by atoms with E-state index >= 15 is 0 Å². The number of carbonyl (C=O) groups excluding carboxylic acids is 1. The van der Waals surface area contributed by atoms with Gasteiger partial charge in [0.25, 0.3) is 0 Å². The van der Waals surface area contributed by atoms with E-state index in [1.54, 1.807) is 5.01 Å².